The van der Waals surface area contributed by atoms with Crippen molar-refractivity contribution in [2.24, 2.45) is 0 Å². The third-order valence-electron chi connectivity index (χ3n) is 1.87. The molecule has 1 heterocycles. The number of terminal acetylenes is 1. The molecular formula is C10H11ClN2O3S2. The van der Waals surface area contributed by atoms with E-state index in [1.165, 1.54) is 11.8 Å². The molecule has 2 N–H and O–H groups in total. The van der Waals surface area contributed by atoms with E-state index in [4.69, 9.17) is 18.0 Å². The Bertz CT molecular complexity index is 604. The number of halogens is 1. The molecule has 0 bridgehead atoms. The number of hydrogen-bond acceptors (Lipinski definition) is 4. The Morgan fingerprint density at radius 3 is 2.89 bits per heavy atom. The van der Waals surface area contributed by atoms with E-state index in [0.717, 1.165) is 12.3 Å². The number of sulfonamides is 1. The zero-order valence-electron chi connectivity index (χ0n) is 9.27. The number of thioether (sulfide) groups is 1. The highest BCUT2D eigenvalue weighted by Gasteiger charge is 2.14. The molecule has 5 nitrogen and oxygen atoms in total. The van der Waals surface area contributed by atoms with Gasteiger partial charge < -0.3 is 4.98 Å². The average Bonchev–Trinajstić information content (AvgIpc) is 2.32. The molecular weight excluding hydrogens is 296 g/mol. The van der Waals surface area contributed by atoms with E-state index in [9.17, 15) is 13.2 Å². The first-order chi connectivity index (χ1) is 8.47. The summed E-state index contributed by atoms with van der Waals surface area (Å²) in [6.07, 6.45) is 6.16. The van der Waals surface area contributed by atoms with E-state index in [1.807, 2.05) is 0 Å². The Hall–Kier alpha value is -0.940. The summed E-state index contributed by atoms with van der Waals surface area (Å²) in [6.45, 7) is 0.255. The van der Waals surface area contributed by atoms with Gasteiger partial charge in [-0.3, -0.25) is 4.79 Å². The Morgan fingerprint density at radius 1 is 1.56 bits per heavy atom. The molecule has 0 atom stereocenters. The molecule has 0 saturated heterocycles. The number of nitrogens with one attached hydrogen (secondary N) is 2. The first-order valence-corrected chi connectivity index (χ1v) is 7.88. The van der Waals surface area contributed by atoms with Crippen molar-refractivity contribution in [3.05, 3.63) is 27.6 Å². The largest absolute Gasteiger partial charge is 0.326 e. The summed E-state index contributed by atoms with van der Waals surface area (Å²) in [4.78, 5) is 13.2. The first kappa shape index (κ1) is 15.1. The second kappa shape index (κ2) is 6.85. The smallest absolute Gasteiger partial charge is 0.266 e. The van der Waals surface area contributed by atoms with Crippen LogP contribution in [0.25, 0.3) is 0 Å². The van der Waals surface area contributed by atoms with Crippen LogP contribution in [0.2, 0.25) is 5.02 Å². The van der Waals surface area contributed by atoms with Crippen LogP contribution < -0.4 is 10.3 Å². The van der Waals surface area contributed by atoms with Gasteiger partial charge in [0.2, 0.25) is 10.0 Å². The Morgan fingerprint density at radius 2 is 2.28 bits per heavy atom. The van der Waals surface area contributed by atoms with Gasteiger partial charge in [-0.15, -0.1) is 18.2 Å². The Labute approximate surface area is 114 Å². The number of H-pyrrole nitrogens is 1. The lowest BCUT2D eigenvalue weighted by Crippen LogP contribution is -2.27. The maximum Gasteiger partial charge on any atom is 0.266 e. The first-order valence-electron chi connectivity index (χ1n) is 4.86. The molecule has 1 aromatic rings. The topological polar surface area (TPSA) is 79.0 Å². The highest BCUT2D eigenvalue weighted by molar-refractivity contribution is 7.99. The summed E-state index contributed by atoms with van der Waals surface area (Å²) in [6, 6.07) is 1.11. The van der Waals surface area contributed by atoms with E-state index in [-0.39, 0.29) is 16.5 Å². The number of rotatable bonds is 6. The third kappa shape index (κ3) is 4.38. The molecule has 0 fully saturated rings. The lowest BCUT2D eigenvalue weighted by Gasteiger charge is -2.05. The van der Waals surface area contributed by atoms with Crippen LogP contribution in [0.1, 0.15) is 0 Å². The van der Waals surface area contributed by atoms with Gasteiger partial charge in [-0.05, 0) is 6.07 Å². The van der Waals surface area contributed by atoms with E-state index >= 15 is 0 Å². The lowest BCUT2D eigenvalue weighted by molar-refractivity contribution is 0.583. The van der Waals surface area contributed by atoms with Crippen molar-refractivity contribution in [1.82, 2.24) is 9.71 Å². The second-order valence-corrected chi connectivity index (χ2v) is 6.45. The fraction of sp³-hybridized carbons (Fsp3) is 0.300. The molecule has 0 radical (unpaired) electrons. The standard InChI is InChI=1S/C10H11ClN2O3S2/c1-2-4-17-5-3-13-18(15,16)8-6-9(11)10(14)12-7-8/h1,6-7,13H,3-5H2,(H,12,14). The number of aromatic amines is 1. The van der Waals surface area contributed by atoms with Gasteiger partial charge >= 0.3 is 0 Å². The fourth-order valence-corrected chi connectivity index (χ4v) is 2.95. The predicted octanol–water partition coefficient (Wildman–Crippen LogP) is 0.673. The van der Waals surface area contributed by atoms with E-state index in [0.29, 0.717) is 11.5 Å². The minimum absolute atomic E-state index is 0.0750. The molecule has 0 aliphatic heterocycles. The molecule has 0 saturated carbocycles. The third-order valence-corrected chi connectivity index (χ3v) is 4.45. The van der Waals surface area contributed by atoms with Crippen molar-refractivity contribution in [3.8, 4) is 12.3 Å². The van der Waals surface area contributed by atoms with Crippen LogP contribution in [0.5, 0.6) is 0 Å². The quantitative estimate of drug-likeness (QED) is 0.598. The number of aromatic nitrogens is 1. The normalized spacial score (nSPS) is 11.1. The van der Waals surface area contributed by atoms with Gasteiger partial charge in [-0.2, -0.15) is 0 Å². The van der Waals surface area contributed by atoms with Gasteiger partial charge in [0.1, 0.15) is 5.02 Å². The van der Waals surface area contributed by atoms with Crippen LogP contribution in [-0.4, -0.2) is 31.5 Å². The summed E-state index contributed by atoms with van der Waals surface area (Å²) in [7, 11) is -3.66. The van der Waals surface area contributed by atoms with Crippen molar-refractivity contribution in [2.45, 2.75) is 4.90 Å². The molecule has 0 unspecified atom stereocenters. The summed E-state index contributed by atoms with van der Waals surface area (Å²) < 4.78 is 26.0. The van der Waals surface area contributed by atoms with Gasteiger partial charge in [0, 0.05) is 18.5 Å². The summed E-state index contributed by atoms with van der Waals surface area (Å²) in [5.74, 6) is 3.54. The van der Waals surface area contributed by atoms with Crippen molar-refractivity contribution >= 4 is 33.4 Å². The molecule has 0 spiro atoms. The summed E-state index contributed by atoms with van der Waals surface area (Å²) in [5.41, 5.74) is -0.528. The highest BCUT2D eigenvalue weighted by atomic mass is 35.5. The lowest BCUT2D eigenvalue weighted by atomic mass is 10.5. The molecule has 1 rings (SSSR count). The molecule has 98 valence electrons. The van der Waals surface area contributed by atoms with Gasteiger partial charge in [0.15, 0.2) is 0 Å². The van der Waals surface area contributed by atoms with Crippen LogP contribution in [0.4, 0.5) is 0 Å². The van der Waals surface area contributed by atoms with Gasteiger partial charge in [0.05, 0.1) is 10.6 Å². The molecule has 1 aromatic heterocycles. The van der Waals surface area contributed by atoms with Crippen LogP contribution in [0.15, 0.2) is 22.0 Å². The molecule has 0 amide bonds. The van der Waals surface area contributed by atoms with Crippen molar-refractivity contribution in [1.29, 1.82) is 0 Å². The van der Waals surface area contributed by atoms with Gasteiger partial charge in [0.25, 0.3) is 5.56 Å². The zero-order valence-corrected chi connectivity index (χ0v) is 11.7. The van der Waals surface area contributed by atoms with Crippen LogP contribution in [0.3, 0.4) is 0 Å². The Kier molecular flexibility index (Phi) is 5.75. The Balaban J connectivity index is 2.66. The van der Waals surface area contributed by atoms with E-state index < -0.39 is 15.6 Å². The van der Waals surface area contributed by atoms with Gasteiger partial charge in [-0.1, -0.05) is 17.5 Å². The van der Waals surface area contributed by atoms with E-state index in [1.54, 1.807) is 0 Å². The predicted molar refractivity (Wildman–Crippen MR) is 73.4 cm³/mol. The van der Waals surface area contributed by atoms with Crippen molar-refractivity contribution in [3.63, 3.8) is 0 Å². The minimum atomic E-state index is -3.66. The van der Waals surface area contributed by atoms with Gasteiger partial charge in [-0.25, -0.2) is 13.1 Å². The molecule has 0 aliphatic carbocycles. The maximum absolute atomic E-state index is 11.8. The monoisotopic (exact) mass is 306 g/mol. The van der Waals surface area contributed by atoms with Crippen LogP contribution >= 0.6 is 23.4 Å². The molecule has 18 heavy (non-hydrogen) atoms. The fourth-order valence-electron chi connectivity index (χ4n) is 1.06. The zero-order chi connectivity index (χ0) is 13.6. The number of hydrogen-bond donors (Lipinski definition) is 2. The molecule has 0 aromatic carbocycles. The summed E-state index contributed by atoms with van der Waals surface area (Å²) in [5, 5.41) is -0.167. The molecule has 0 aliphatic rings. The van der Waals surface area contributed by atoms with E-state index in [2.05, 4.69) is 15.6 Å². The van der Waals surface area contributed by atoms with Crippen LogP contribution in [0, 0.1) is 12.3 Å². The maximum atomic E-state index is 11.8. The van der Waals surface area contributed by atoms with Crippen molar-refractivity contribution in [2.75, 3.05) is 18.1 Å². The van der Waals surface area contributed by atoms with Crippen LogP contribution in [-0.2, 0) is 10.0 Å². The van der Waals surface area contributed by atoms with Crippen molar-refractivity contribution < 1.29 is 8.42 Å². The SMILES string of the molecule is C#CCSCCNS(=O)(=O)c1c[nH]c(=O)c(Cl)c1. The minimum Gasteiger partial charge on any atom is -0.326 e. The second-order valence-electron chi connectivity index (χ2n) is 3.17. The highest BCUT2D eigenvalue weighted by Crippen LogP contribution is 2.10. The molecule has 8 heteroatoms. The average molecular weight is 307 g/mol. The number of pyridine rings is 1. The summed E-state index contributed by atoms with van der Waals surface area (Å²) >= 11 is 7.01.